The van der Waals surface area contributed by atoms with Gasteiger partial charge in [0, 0.05) is 25.7 Å². The molecule has 0 aliphatic carbocycles. The first-order valence-electron chi connectivity index (χ1n) is 36.0. The van der Waals surface area contributed by atoms with E-state index in [1.165, 1.54) is 161 Å². The van der Waals surface area contributed by atoms with E-state index in [0.717, 1.165) is 108 Å². The average molecular weight is 1300 g/mol. The van der Waals surface area contributed by atoms with E-state index < -0.39 is 97.5 Å². The quantitative estimate of drug-likeness (QED) is 0.0222. The Kier molecular flexibility index (Phi) is 59.9. The number of hydrogen-bond donors (Lipinski definition) is 3. The Morgan fingerprint density at radius 1 is 0.330 bits per heavy atom. The molecule has 0 fully saturated rings. The third-order valence-corrected chi connectivity index (χ3v) is 18.2. The molecule has 0 aromatic carbocycles. The van der Waals surface area contributed by atoms with Crippen molar-refractivity contribution in [3.05, 3.63) is 0 Å². The second kappa shape index (κ2) is 61.3. The van der Waals surface area contributed by atoms with Crippen LogP contribution in [0.1, 0.15) is 350 Å². The van der Waals surface area contributed by atoms with E-state index in [2.05, 4.69) is 41.5 Å². The summed E-state index contributed by atoms with van der Waals surface area (Å²) in [6.07, 6.45) is 46.4. The van der Waals surface area contributed by atoms with Gasteiger partial charge in [-0.25, -0.2) is 9.13 Å². The fourth-order valence-electron chi connectivity index (χ4n) is 10.4. The molecule has 19 heteroatoms. The standard InChI is InChI=1S/C69H134O17P2/c1-7-10-12-14-15-16-17-18-19-20-21-22-23-24-25-26-27-35-41-47-53-68(73)86-65(58-80-67(72)52-46-40-34-31-29-33-39-44-50-62(6)9-3)60-84-88(77,78)82-56-63(70)55-81-87(75,76)83-59-64(57-79-66(71)51-45-37-13-11-8-2)85-69(74)54-48-42-36-30-28-32-38-43-49-61(4)5/h61-65,70H,7-60H2,1-6H3,(H,75,76)(H,77,78)/t62?,63-,64+,65+/m0/s1. The van der Waals surface area contributed by atoms with Gasteiger partial charge in [0.25, 0.3) is 0 Å². The Bertz CT molecular complexity index is 1720. The summed E-state index contributed by atoms with van der Waals surface area (Å²) in [5.74, 6) is -0.644. The lowest BCUT2D eigenvalue weighted by atomic mass is 9.99. The maximum Gasteiger partial charge on any atom is 0.472 e. The zero-order valence-corrected chi connectivity index (χ0v) is 58.8. The maximum atomic E-state index is 13.0. The number of phosphoric acid groups is 2. The van der Waals surface area contributed by atoms with Gasteiger partial charge < -0.3 is 33.8 Å². The lowest BCUT2D eigenvalue weighted by Crippen LogP contribution is -2.30. The van der Waals surface area contributed by atoms with Crippen LogP contribution < -0.4 is 0 Å². The molecule has 0 amide bonds. The Hall–Kier alpha value is -1.94. The second-order valence-corrected chi connectivity index (χ2v) is 28.5. The number of phosphoric ester groups is 2. The summed E-state index contributed by atoms with van der Waals surface area (Å²) in [6.45, 7) is 9.41. The zero-order chi connectivity index (χ0) is 65.0. The van der Waals surface area contributed by atoms with E-state index in [1.54, 1.807) is 0 Å². The van der Waals surface area contributed by atoms with Crippen molar-refractivity contribution in [2.24, 2.45) is 11.8 Å². The van der Waals surface area contributed by atoms with Gasteiger partial charge in [-0.05, 0) is 37.5 Å². The third-order valence-electron chi connectivity index (χ3n) is 16.3. The molecule has 0 aliphatic heterocycles. The summed E-state index contributed by atoms with van der Waals surface area (Å²) in [5.41, 5.74) is 0. The molecule has 88 heavy (non-hydrogen) atoms. The van der Waals surface area contributed by atoms with Gasteiger partial charge in [0.15, 0.2) is 12.2 Å². The molecule has 522 valence electrons. The van der Waals surface area contributed by atoms with Crippen LogP contribution in [0.4, 0.5) is 0 Å². The van der Waals surface area contributed by atoms with Gasteiger partial charge in [-0.2, -0.15) is 0 Å². The van der Waals surface area contributed by atoms with Gasteiger partial charge in [0.05, 0.1) is 26.4 Å². The minimum atomic E-state index is -4.95. The van der Waals surface area contributed by atoms with E-state index >= 15 is 0 Å². The molecule has 0 aliphatic rings. The summed E-state index contributed by atoms with van der Waals surface area (Å²) in [4.78, 5) is 72.2. The van der Waals surface area contributed by atoms with Crippen LogP contribution in [-0.2, 0) is 65.4 Å². The van der Waals surface area contributed by atoms with Gasteiger partial charge >= 0.3 is 39.5 Å². The van der Waals surface area contributed by atoms with E-state index in [0.29, 0.717) is 25.7 Å². The van der Waals surface area contributed by atoms with E-state index in [4.69, 9.17) is 37.0 Å². The second-order valence-electron chi connectivity index (χ2n) is 25.6. The number of unbranched alkanes of at least 4 members (excludes halogenated alkanes) is 37. The van der Waals surface area contributed by atoms with Crippen LogP contribution in [-0.4, -0.2) is 96.7 Å². The smallest absolute Gasteiger partial charge is 0.462 e. The number of rotatable bonds is 68. The minimum absolute atomic E-state index is 0.103. The molecule has 3 unspecified atom stereocenters. The molecule has 0 saturated heterocycles. The first kappa shape index (κ1) is 86.1. The Morgan fingerprint density at radius 2 is 0.580 bits per heavy atom. The molecular weight excluding hydrogens is 1160 g/mol. The van der Waals surface area contributed by atoms with Crippen LogP contribution in [0, 0.1) is 11.8 Å². The lowest BCUT2D eigenvalue weighted by molar-refractivity contribution is -0.161. The fourth-order valence-corrected chi connectivity index (χ4v) is 12.0. The summed E-state index contributed by atoms with van der Waals surface area (Å²) in [5, 5.41) is 10.5. The van der Waals surface area contributed by atoms with Crippen molar-refractivity contribution >= 4 is 39.5 Å². The Balaban J connectivity index is 5.12. The van der Waals surface area contributed by atoms with Gasteiger partial charge in [-0.15, -0.1) is 0 Å². The van der Waals surface area contributed by atoms with Gasteiger partial charge in [-0.3, -0.25) is 37.3 Å². The highest BCUT2D eigenvalue weighted by Gasteiger charge is 2.30. The molecule has 17 nitrogen and oxygen atoms in total. The highest BCUT2D eigenvalue weighted by molar-refractivity contribution is 7.47. The molecule has 6 atom stereocenters. The third kappa shape index (κ3) is 61.6. The number of aliphatic hydroxyl groups excluding tert-OH is 1. The SMILES string of the molecule is CCCCCCCCCCCCCCCCCCCCCCC(=O)O[C@H](COC(=O)CCCCCCCCCCC(C)CC)COP(=O)(O)OC[C@@H](O)COP(=O)(O)OC[C@@H](COC(=O)CCCCCCC)OC(=O)CCCCCCCCCCC(C)C. The molecule has 0 bridgehead atoms. The van der Waals surface area contributed by atoms with Gasteiger partial charge in [-0.1, -0.05) is 298 Å². The highest BCUT2D eigenvalue weighted by atomic mass is 31.2. The molecule has 0 heterocycles. The number of ether oxygens (including phenoxy) is 4. The first-order valence-corrected chi connectivity index (χ1v) is 39.0. The van der Waals surface area contributed by atoms with Crippen LogP contribution in [0.2, 0.25) is 0 Å². The summed E-state index contributed by atoms with van der Waals surface area (Å²) >= 11 is 0. The van der Waals surface area contributed by atoms with Crippen molar-refractivity contribution in [3.63, 3.8) is 0 Å². The normalized spacial score (nSPS) is 14.5. The van der Waals surface area contributed by atoms with Crippen LogP contribution in [0.5, 0.6) is 0 Å². The van der Waals surface area contributed by atoms with E-state index in [9.17, 15) is 43.2 Å². The van der Waals surface area contributed by atoms with Crippen molar-refractivity contribution in [3.8, 4) is 0 Å². The lowest BCUT2D eigenvalue weighted by Gasteiger charge is -2.21. The Morgan fingerprint density at radius 3 is 0.864 bits per heavy atom. The zero-order valence-electron chi connectivity index (χ0n) is 57.0. The number of aliphatic hydroxyl groups is 1. The summed E-state index contributed by atoms with van der Waals surface area (Å²) in [7, 11) is -9.89. The average Bonchev–Trinajstić information content (AvgIpc) is 3.65. The molecule has 3 N–H and O–H groups in total. The molecule has 0 aromatic heterocycles. The van der Waals surface area contributed by atoms with E-state index in [-0.39, 0.29) is 25.7 Å². The predicted octanol–water partition coefficient (Wildman–Crippen LogP) is 19.6. The van der Waals surface area contributed by atoms with Crippen LogP contribution in [0.3, 0.4) is 0 Å². The monoisotopic (exact) mass is 1300 g/mol. The van der Waals surface area contributed by atoms with Crippen molar-refractivity contribution in [1.29, 1.82) is 0 Å². The van der Waals surface area contributed by atoms with Gasteiger partial charge in [0.1, 0.15) is 19.3 Å². The first-order chi connectivity index (χ1) is 42.4. The summed E-state index contributed by atoms with van der Waals surface area (Å²) < 4.78 is 68.0. The topological polar surface area (TPSA) is 237 Å². The largest absolute Gasteiger partial charge is 0.472 e. The van der Waals surface area contributed by atoms with Crippen molar-refractivity contribution in [2.75, 3.05) is 39.6 Å². The van der Waals surface area contributed by atoms with Crippen molar-refractivity contribution in [1.82, 2.24) is 0 Å². The van der Waals surface area contributed by atoms with Crippen LogP contribution in [0.15, 0.2) is 0 Å². The highest BCUT2D eigenvalue weighted by Crippen LogP contribution is 2.45. The summed E-state index contributed by atoms with van der Waals surface area (Å²) in [6, 6.07) is 0. The van der Waals surface area contributed by atoms with E-state index in [1.807, 2.05) is 0 Å². The predicted molar refractivity (Wildman–Crippen MR) is 354 cm³/mol. The fraction of sp³-hybridized carbons (Fsp3) is 0.942. The number of esters is 4. The molecule has 0 aromatic rings. The van der Waals surface area contributed by atoms with Crippen molar-refractivity contribution in [2.45, 2.75) is 368 Å². The van der Waals surface area contributed by atoms with Crippen LogP contribution >= 0.6 is 15.6 Å². The molecular formula is C69H134O17P2. The minimum Gasteiger partial charge on any atom is -0.462 e. The van der Waals surface area contributed by atoms with Crippen LogP contribution in [0.25, 0.3) is 0 Å². The molecule has 0 saturated carbocycles. The Labute approximate surface area is 537 Å². The molecule has 0 rings (SSSR count). The molecule has 0 radical (unpaired) electrons. The number of carbonyl (C=O) groups excluding carboxylic acids is 4. The number of carbonyl (C=O) groups is 4. The van der Waals surface area contributed by atoms with Crippen molar-refractivity contribution < 1.29 is 80.2 Å². The maximum absolute atomic E-state index is 13.0. The number of hydrogen-bond acceptors (Lipinski definition) is 15. The van der Waals surface area contributed by atoms with Gasteiger partial charge in [0.2, 0.25) is 0 Å². The molecule has 0 spiro atoms.